The Hall–Kier alpha value is -2.36. The second-order valence-electron chi connectivity index (χ2n) is 5.38. The fourth-order valence-electron chi connectivity index (χ4n) is 2.16. The second kappa shape index (κ2) is 6.39. The van der Waals surface area contributed by atoms with Crippen molar-refractivity contribution in [3.05, 3.63) is 58.9 Å². The third-order valence-electron chi connectivity index (χ3n) is 3.25. The summed E-state index contributed by atoms with van der Waals surface area (Å²) < 4.78 is 0. The Kier molecular flexibility index (Phi) is 4.58. The Morgan fingerprint density at radius 2 is 1.67 bits per heavy atom. The molecule has 2 rings (SSSR count). The van der Waals surface area contributed by atoms with Crippen LogP contribution in [0.15, 0.2) is 36.4 Å². The van der Waals surface area contributed by atoms with Gasteiger partial charge in [0.05, 0.1) is 0 Å². The van der Waals surface area contributed by atoms with Crippen molar-refractivity contribution in [2.24, 2.45) is 0 Å². The number of nitrogens with one attached hydrogen (secondary N) is 1. The van der Waals surface area contributed by atoms with Crippen LogP contribution in [0, 0.1) is 13.8 Å². The number of carbonyl (C=O) groups excluding carboxylic acids is 1. The van der Waals surface area contributed by atoms with E-state index in [-0.39, 0.29) is 5.91 Å². The monoisotopic (exact) mass is 283 g/mol. The predicted octanol–water partition coefficient (Wildman–Crippen LogP) is 2.69. The van der Waals surface area contributed by atoms with Gasteiger partial charge >= 0.3 is 0 Å². The molecule has 0 spiro atoms. The fraction of sp³-hybridized carbons (Fsp3) is 0.294. The average Bonchev–Trinajstić information content (AvgIpc) is 2.44. The van der Waals surface area contributed by atoms with Crippen molar-refractivity contribution in [1.82, 2.24) is 10.3 Å². The maximum atomic E-state index is 12.2. The summed E-state index contributed by atoms with van der Waals surface area (Å²) in [4.78, 5) is 18.5. The highest BCUT2D eigenvalue weighted by Gasteiger charge is 2.07. The maximum absolute atomic E-state index is 12.2. The summed E-state index contributed by atoms with van der Waals surface area (Å²) in [5, 5.41) is 2.94. The topological polar surface area (TPSA) is 45.2 Å². The molecule has 4 heteroatoms. The summed E-state index contributed by atoms with van der Waals surface area (Å²) in [5.74, 6) is -0.0692. The van der Waals surface area contributed by atoms with E-state index in [9.17, 15) is 4.79 Å². The molecule has 0 aliphatic heterocycles. The quantitative estimate of drug-likeness (QED) is 0.938. The lowest BCUT2D eigenvalue weighted by atomic mass is 10.1. The minimum absolute atomic E-state index is 0.0692. The van der Waals surface area contributed by atoms with Crippen molar-refractivity contribution in [2.45, 2.75) is 20.4 Å². The van der Waals surface area contributed by atoms with Crippen LogP contribution in [0.4, 0.5) is 5.69 Å². The van der Waals surface area contributed by atoms with E-state index >= 15 is 0 Å². The summed E-state index contributed by atoms with van der Waals surface area (Å²) in [6, 6.07) is 11.7. The number of nitrogens with zero attached hydrogens (tertiary/aromatic N) is 2. The third kappa shape index (κ3) is 4.05. The number of aryl methyl sites for hydroxylation is 2. The maximum Gasteiger partial charge on any atom is 0.251 e. The molecule has 1 aromatic carbocycles. The molecule has 0 fully saturated rings. The fourth-order valence-corrected chi connectivity index (χ4v) is 2.16. The number of aromatic nitrogens is 1. The van der Waals surface area contributed by atoms with Crippen LogP contribution in [0.5, 0.6) is 0 Å². The van der Waals surface area contributed by atoms with Gasteiger partial charge in [0, 0.05) is 43.3 Å². The zero-order chi connectivity index (χ0) is 15.4. The first kappa shape index (κ1) is 15.0. The van der Waals surface area contributed by atoms with Gasteiger partial charge in [-0.3, -0.25) is 9.78 Å². The van der Waals surface area contributed by atoms with Gasteiger partial charge in [0.1, 0.15) is 0 Å². The van der Waals surface area contributed by atoms with Gasteiger partial charge < -0.3 is 10.2 Å². The molecule has 0 aliphatic carbocycles. The Morgan fingerprint density at radius 3 is 2.19 bits per heavy atom. The molecule has 1 heterocycles. The molecule has 0 saturated carbocycles. The third-order valence-corrected chi connectivity index (χ3v) is 3.25. The van der Waals surface area contributed by atoms with Gasteiger partial charge in [-0.1, -0.05) is 12.1 Å². The smallest absolute Gasteiger partial charge is 0.251 e. The number of carbonyl (C=O) groups is 1. The molecule has 1 amide bonds. The predicted molar refractivity (Wildman–Crippen MR) is 85.7 cm³/mol. The second-order valence-corrected chi connectivity index (χ2v) is 5.38. The SMILES string of the molecule is Cc1cc(C(=O)NCc2ccc(N(C)C)cc2)cc(C)n1. The van der Waals surface area contributed by atoms with E-state index in [0.29, 0.717) is 12.1 Å². The number of amides is 1. The molecular formula is C17H21N3O. The first-order valence-corrected chi connectivity index (χ1v) is 6.95. The minimum Gasteiger partial charge on any atom is -0.378 e. The van der Waals surface area contributed by atoms with E-state index in [1.165, 1.54) is 0 Å². The normalized spacial score (nSPS) is 10.3. The van der Waals surface area contributed by atoms with Crippen molar-refractivity contribution < 1.29 is 4.79 Å². The minimum atomic E-state index is -0.0692. The van der Waals surface area contributed by atoms with Crippen LogP contribution in [0.3, 0.4) is 0 Å². The van der Waals surface area contributed by atoms with E-state index in [4.69, 9.17) is 0 Å². The summed E-state index contributed by atoms with van der Waals surface area (Å²) >= 11 is 0. The average molecular weight is 283 g/mol. The Labute approximate surface area is 125 Å². The molecule has 0 aliphatic rings. The number of hydrogen-bond donors (Lipinski definition) is 1. The highest BCUT2D eigenvalue weighted by atomic mass is 16.1. The largest absolute Gasteiger partial charge is 0.378 e. The lowest BCUT2D eigenvalue weighted by Crippen LogP contribution is -2.23. The van der Waals surface area contributed by atoms with Gasteiger partial charge in [0.2, 0.25) is 0 Å². The summed E-state index contributed by atoms with van der Waals surface area (Å²) in [7, 11) is 4.01. The number of anilines is 1. The zero-order valence-electron chi connectivity index (χ0n) is 13.0. The van der Waals surface area contributed by atoms with Crippen LogP contribution in [-0.2, 0) is 6.54 Å². The van der Waals surface area contributed by atoms with Crippen LogP contribution >= 0.6 is 0 Å². The molecule has 2 aromatic rings. The number of pyridine rings is 1. The van der Waals surface area contributed by atoms with E-state index in [1.807, 2.05) is 57.1 Å². The molecule has 0 atom stereocenters. The molecule has 0 radical (unpaired) electrons. The highest BCUT2D eigenvalue weighted by molar-refractivity contribution is 5.94. The number of rotatable bonds is 4. The Balaban J connectivity index is 2.00. The molecule has 1 N–H and O–H groups in total. The van der Waals surface area contributed by atoms with Crippen molar-refractivity contribution in [1.29, 1.82) is 0 Å². The van der Waals surface area contributed by atoms with E-state index in [0.717, 1.165) is 22.6 Å². The molecule has 21 heavy (non-hydrogen) atoms. The van der Waals surface area contributed by atoms with Gasteiger partial charge in [-0.15, -0.1) is 0 Å². The standard InChI is InChI=1S/C17H21N3O/c1-12-9-15(10-13(2)19-12)17(21)18-11-14-5-7-16(8-6-14)20(3)4/h5-10H,11H2,1-4H3,(H,18,21). The van der Waals surface area contributed by atoms with Crippen LogP contribution in [0.1, 0.15) is 27.3 Å². The molecule has 0 bridgehead atoms. The van der Waals surface area contributed by atoms with Crippen LogP contribution < -0.4 is 10.2 Å². The lowest BCUT2D eigenvalue weighted by Gasteiger charge is -2.13. The van der Waals surface area contributed by atoms with Crippen molar-refractivity contribution in [2.75, 3.05) is 19.0 Å². The number of benzene rings is 1. The highest BCUT2D eigenvalue weighted by Crippen LogP contribution is 2.12. The first-order chi connectivity index (χ1) is 9.95. The molecule has 110 valence electrons. The molecule has 0 saturated heterocycles. The molecule has 4 nitrogen and oxygen atoms in total. The summed E-state index contributed by atoms with van der Waals surface area (Å²) in [6.45, 7) is 4.31. The van der Waals surface area contributed by atoms with Crippen LogP contribution in [0.25, 0.3) is 0 Å². The Bertz CT molecular complexity index is 613. The van der Waals surface area contributed by atoms with E-state index in [2.05, 4.69) is 10.3 Å². The van der Waals surface area contributed by atoms with Crippen LogP contribution in [-0.4, -0.2) is 25.0 Å². The van der Waals surface area contributed by atoms with E-state index in [1.54, 1.807) is 12.1 Å². The van der Waals surface area contributed by atoms with Gasteiger partial charge in [0.25, 0.3) is 5.91 Å². The summed E-state index contributed by atoms with van der Waals surface area (Å²) in [6.07, 6.45) is 0. The van der Waals surface area contributed by atoms with E-state index < -0.39 is 0 Å². The Morgan fingerprint density at radius 1 is 1.10 bits per heavy atom. The van der Waals surface area contributed by atoms with Gasteiger partial charge in [-0.05, 0) is 43.7 Å². The molecule has 1 aromatic heterocycles. The van der Waals surface area contributed by atoms with Crippen molar-refractivity contribution in [3.63, 3.8) is 0 Å². The molecular weight excluding hydrogens is 262 g/mol. The van der Waals surface area contributed by atoms with Crippen molar-refractivity contribution in [3.8, 4) is 0 Å². The number of hydrogen-bond acceptors (Lipinski definition) is 3. The first-order valence-electron chi connectivity index (χ1n) is 6.95. The van der Waals surface area contributed by atoms with Crippen LogP contribution in [0.2, 0.25) is 0 Å². The van der Waals surface area contributed by atoms with Crippen molar-refractivity contribution >= 4 is 11.6 Å². The van der Waals surface area contributed by atoms with Gasteiger partial charge in [-0.2, -0.15) is 0 Å². The van der Waals surface area contributed by atoms with Gasteiger partial charge in [0.15, 0.2) is 0 Å². The summed E-state index contributed by atoms with van der Waals surface area (Å²) in [5.41, 5.74) is 4.60. The van der Waals surface area contributed by atoms with Gasteiger partial charge in [-0.25, -0.2) is 0 Å². The lowest BCUT2D eigenvalue weighted by molar-refractivity contribution is 0.0950. The molecule has 0 unspecified atom stereocenters. The zero-order valence-corrected chi connectivity index (χ0v) is 13.0.